The molecule has 0 saturated heterocycles. The highest BCUT2D eigenvalue weighted by atomic mass is 15.2. The molecule has 17 heavy (non-hydrogen) atoms. The van der Waals surface area contributed by atoms with E-state index in [2.05, 4.69) is 43.0 Å². The minimum Gasteiger partial charge on any atom is -0.365 e. The van der Waals surface area contributed by atoms with Gasteiger partial charge in [0.2, 0.25) is 0 Å². The van der Waals surface area contributed by atoms with E-state index >= 15 is 0 Å². The molecule has 1 atom stereocenters. The number of anilines is 1. The van der Waals surface area contributed by atoms with Crippen LogP contribution in [-0.4, -0.2) is 18.6 Å². The Balaban J connectivity index is 2.41. The molecule has 1 aromatic carbocycles. The number of aryl methyl sites for hydroxylation is 1. The lowest BCUT2D eigenvalue weighted by molar-refractivity contribution is 0.413. The number of rotatable bonds is 3. The number of hydrogen-bond acceptors (Lipinski definition) is 2. The van der Waals surface area contributed by atoms with Gasteiger partial charge in [-0.15, -0.1) is 0 Å². The number of hydrogen-bond donors (Lipinski definition) is 1. The predicted molar refractivity (Wildman–Crippen MR) is 74.5 cm³/mol. The van der Waals surface area contributed by atoms with Crippen molar-refractivity contribution in [2.24, 2.45) is 5.73 Å². The van der Waals surface area contributed by atoms with E-state index in [1.165, 1.54) is 30.5 Å². The molecule has 1 aliphatic heterocycles. The maximum absolute atomic E-state index is 6.01. The fourth-order valence-electron chi connectivity index (χ4n) is 2.70. The minimum atomic E-state index is 0.0977. The number of fused-ring (bicyclic) bond motifs is 1. The molecule has 0 amide bonds. The van der Waals surface area contributed by atoms with Gasteiger partial charge in [0.25, 0.3) is 0 Å². The highest BCUT2D eigenvalue weighted by Gasteiger charge is 2.30. The van der Waals surface area contributed by atoms with Crippen molar-refractivity contribution in [3.63, 3.8) is 0 Å². The molecule has 0 spiro atoms. The molecule has 0 fully saturated rings. The third kappa shape index (κ3) is 2.32. The van der Waals surface area contributed by atoms with Crippen molar-refractivity contribution in [1.29, 1.82) is 0 Å². The molecule has 2 heteroatoms. The lowest BCUT2D eigenvalue weighted by atomic mass is 9.95. The maximum atomic E-state index is 6.01. The van der Waals surface area contributed by atoms with Gasteiger partial charge in [0.1, 0.15) is 0 Å². The second kappa shape index (κ2) is 5.09. The average molecular weight is 232 g/mol. The van der Waals surface area contributed by atoms with Crippen LogP contribution >= 0.6 is 0 Å². The first kappa shape index (κ1) is 12.4. The summed E-state index contributed by atoms with van der Waals surface area (Å²) in [6.45, 7) is 6.38. The second-order valence-corrected chi connectivity index (χ2v) is 5.29. The molecule has 1 aromatic rings. The van der Waals surface area contributed by atoms with Crippen molar-refractivity contribution in [3.05, 3.63) is 29.8 Å². The molecule has 2 rings (SSSR count). The van der Waals surface area contributed by atoms with E-state index in [0.29, 0.717) is 0 Å². The second-order valence-electron chi connectivity index (χ2n) is 5.29. The Morgan fingerprint density at radius 3 is 2.76 bits per heavy atom. The van der Waals surface area contributed by atoms with E-state index in [-0.39, 0.29) is 5.54 Å². The molecule has 2 N–H and O–H groups in total. The SMILES string of the molecule is CCC(C)(CN)N1CCCCc2ccccc21. The number of benzene rings is 1. The molecule has 2 nitrogen and oxygen atoms in total. The van der Waals surface area contributed by atoms with Crippen LogP contribution in [0.4, 0.5) is 5.69 Å². The quantitative estimate of drug-likeness (QED) is 0.868. The maximum Gasteiger partial charge on any atom is 0.0493 e. The predicted octanol–water partition coefficient (Wildman–Crippen LogP) is 2.96. The van der Waals surface area contributed by atoms with Gasteiger partial charge in [-0.05, 0) is 44.2 Å². The Hall–Kier alpha value is -1.02. The third-order valence-corrected chi connectivity index (χ3v) is 4.21. The zero-order valence-electron chi connectivity index (χ0n) is 11.1. The Bertz CT molecular complexity index is 369. The first-order chi connectivity index (χ1) is 8.21. The molecule has 1 heterocycles. The molecule has 0 aromatic heterocycles. The van der Waals surface area contributed by atoms with Crippen LogP contribution in [0.3, 0.4) is 0 Å². The summed E-state index contributed by atoms with van der Waals surface area (Å²) >= 11 is 0. The summed E-state index contributed by atoms with van der Waals surface area (Å²) in [5, 5.41) is 0. The Labute approximate surface area is 105 Å². The van der Waals surface area contributed by atoms with Gasteiger partial charge in [-0.3, -0.25) is 0 Å². The lowest BCUT2D eigenvalue weighted by Crippen LogP contribution is -2.52. The van der Waals surface area contributed by atoms with Crippen molar-refractivity contribution < 1.29 is 0 Å². The van der Waals surface area contributed by atoms with E-state index in [4.69, 9.17) is 5.73 Å². The molecule has 0 bridgehead atoms. The monoisotopic (exact) mass is 232 g/mol. The molecular weight excluding hydrogens is 208 g/mol. The van der Waals surface area contributed by atoms with Gasteiger partial charge >= 0.3 is 0 Å². The van der Waals surface area contributed by atoms with E-state index in [1.807, 2.05) is 0 Å². The van der Waals surface area contributed by atoms with Crippen molar-refractivity contribution in [2.45, 2.75) is 45.1 Å². The Morgan fingerprint density at radius 2 is 2.06 bits per heavy atom. The van der Waals surface area contributed by atoms with Gasteiger partial charge in [0, 0.05) is 24.3 Å². The van der Waals surface area contributed by atoms with Crippen molar-refractivity contribution in [3.8, 4) is 0 Å². The van der Waals surface area contributed by atoms with Gasteiger partial charge in [-0.25, -0.2) is 0 Å². The molecule has 0 radical (unpaired) electrons. The summed E-state index contributed by atoms with van der Waals surface area (Å²) in [5.74, 6) is 0. The first-order valence-corrected chi connectivity index (χ1v) is 6.77. The van der Waals surface area contributed by atoms with Crippen LogP contribution in [0.1, 0.15) is 38.7 Å². The number of para-hydroxylation sites is 1. The van der Waals surface area contributed by atoms with Crippen LogP contribution in [0.25, 0.3) is 0 Å². The van der Waals surface area contributed by atoms with Gasteiger partial charge < -0.3 is 10.6 Å². The van der Waals surface area contributed by atoms with Crippen LogP contribution in [0.15, 0.2) is 24.3 Å². The van der Waals surface area contributed by atoms with Gasteiger partial charge in [-0.2, -0.15) is 0 Å². The third-order valence-electron chi connectivity index (χ3n) is 4.21. The molecular formula is C15H24N2. The van der Waals surface area contributed by atoms with E-state index in [9.17, 15) is 0 Å². The van der Waals surface area contributed by atoms with Crippen molar-refractivity contribution >= 4 is 5.69 Å². The van der Waals surface area contributed by atoms with Crippen LogP contribution < -0.4 is 10.6 Å². The summed E-state index contributed by atoms with van der Waals surface area (Å²) in [6.07, 6.45) is 4.86. The average Bonchev–Trinajstić information content (AvgIpc) is 2.60. The van der Waals surface area contributed by atoms with Crippen molar-refractivity contribution in [2.75, 3.05) is 18.0 Å². The van der Waals surface area contributed by atoms with E-state index in [1.54, 1.807) is 0 Å². The zero-order valence-corrected chi connectivity index (χ0v) is 11.1. The van der Waals surface area contributed by atoms with Gasteiger partial charge in [-0.1, -0.05) is 25.1 Å². The number of nitrogens with zero attached hydrogens (tertiary/aromatic N) is 1. The standard InChI is InChI=1S/C15H24N2/c1-3-15(2,12-16)17-11-7-6-9-13-8-4-5-10-14(13)17/h4-5,8,10H,3,6-7,9,11-12,16H2,1-2H3. The summed E-state index contributed by atoms with van der Waals surface area (Å²) in [7, 11) is 0. The summed E-state index contributed by atoms with van der Waals surface area (Å²) in [4.78, 5) is 2.54. The largest absolute Gasteiger partial charge is 0.365 e. The normalized spacial score (nSPS) is 19.4. The van der Waals surface area contributed by atoms with Crippen LogP contribution in [0.5, 0.6) is 0 Å². The topological polar surface area (TPSA) is 29.3 Å². The van der Waals surface area contributed by atoms with Crippen LogP contribution in [0, 0.1) is 0 Å². The fraction of sp³-hybridized carbons (Fsp3) is 0.600. The molecule has 0 aliphatic carbocycles. The molecule has 1 aliphatic rings. The van der Waals surface area contributed by atoms with Crippen molar-refractivity contribution in [1.82, 2.24) is 0 Å². The highest BCUT2D eigenvalue weighted by molar-refractivity contribution is 5.56. The van der Waals surface area contributed by atoms with Gasteiger partial charge in [0.05, 0.1) is 0 Å². The summed E-state index contributed by atoms with van der Waals surface area (Å²) < 4.78 is 0. The minimum absolute atomic E-state index is 0.0977. The first-order valence-electron chi connectivity index (χ1n) is 6.77. The summed E-state index contributed by atoms with van der Waals surface area (Å²) in [5.41, 5.74) is 9.00. The molecule has 1 unspecified atom stereocenters. The lowest BCUT2D eigenvalue weighted by Gasteiger charge is -2.42. The van der Waals surface area contributed by atoms with E-state index < -0.39 is 0 Å². The van der Waals surface area contributed by atoms with Crippen LogP contribution in [0.2, 0.25) is 0 Å². The molecule has 94 valence electrons. The van der Waals surface area contributed by atoms with Crippen LogP contribution in [-0.2, 0) is 6.42 Å². The van der Waals surface area contributed by atoms with E-state index in [0.717, 1.165) is 19.5 Å². The molecule has 0 saturated carbocycles. The summed E-state index contributed by atoms with van der Waals surface area (Å²) in [6, 6.07) is 8.81. The Kier molecular flexibility index (Phi) is 3.72. The Morgan fingerprint density at radius 1 is 1.29 bits per heavy atom. The number of nitrogens with two attached hydrogens (primary N) is 1. The highest BCUT2D eigenvalue weighted by Crippen LogP contribution is 2.32. The van der Waals surface area contributed by atoms with Gasteiger partial charge in [0.15, 0.2) is 0 Å². The smallest absolute Gasteiger partial charge is 0.0493 e. The fourth-order valence-corrected chi connectivity index (χ4v) is 2.70. The zero-order chi connectivity index (χ0) is 12.3.